The van der Waals surface area contributed by atoms with E-state index < -0.39 is 12.1 Å². The van der Waals surface area contributed by atoms with Crippen LogP contribution in [0.1, 0.15) is 19.4 Å². The van der Waals surface area contributed by atoms with Gasteiger partial charge in [-0.05, 0) is 18.6 Å². The van der Waals surface area contributed by atoms with Crippen LogP contribution in [0.15, 0.2) is 55.0 Å². The van der Waals surface area contributed by atoms with Crippen LogP contribution in [0.25, 0.3) is 21.9 Å². The molecular weight excluding hydrogens is 427 g/mol. The summed E-state index contributed by atoms with van der Waals surface area (Å²) in [6.45, 7) is 2.64. The van der Waals surface area contributed by atoms with Crippen LogP contribution in [0.5, 0.6) is 5.88 Å². The first-order chi connectivity index (χ1) is 15.2. The van der Waals surface area contributed by atoms with Crippen molar-refractivity contribution in [3.63, 3.8) is 0 Å². The van der Waals surface area contributed by atoms with Crippen molar-refractivity contribution in [2.24, 2.45) is 0 Å². The van der Waals surface area contributed by atoms with E-state index in [0.717, 1.165) is 28.4 Å². The summed E-state index contributed by atoms with van der Waals surface area (Å²) in [6, 6.07) is 13.7. The third kappa shape index (κ3) is 5.05. The summed E-state index contributed by atoms with van der Waals surface area (Å²) in [5, 5.41) is 8.17. The number of nitrogens with two attached hydrogens (primary N) is 1. The molecule has 4 aromatic rings. The number of fused-ring (bicyclic) bond motifs is 3. The van der Waals surface area contributed by atoms with Gasteiger partial charge in [0.05, 0.1) is 23.4 Å². The highest BCUT2D eigenvalue weighted by Gasteiger charge is 2.38. The smallest absolute Gasteiger partial charge is 0.475 e. The number of aliphatic carboxylic acids is 1. The maximum atomic E-state index is 10.6. The fourth-order valence-electron chi connectivity index (χ4n) is 3.06. The quantitative estimate of drug-likeness (QED) is 0.470. The lowest BCUT2D eigenvalue weighted by atomic mass is 10.1. The van der Waals surface area contributed by atoms with Crippen molar-refractivity contribution < 1.29 is 27.8 Å². The molecular formula is C21H20F3N5O3. The van der Waals surface area contributed by atoms with E-state index in [-0.39, 0.29) is 6.04 Å². The zero-order chi connectivity index (χ0) is 23.3. The van der Waals surface area contributed by atoms with Crippen molar-refractivity contribution in [1.82, 2.24) is 19.5 Å². The Labute approximate surface area is 180 Å². The monoisotopic (exact) mass is 447 g/mol. The van der Waals surface area contributed by atoms with E-state index in [0.29, 0.717) is 18.3 Å². The molecule has 0 amide bonds. The van der Waals surface area contributed by atoms with Gasteiger partial charge in [0, 0.05) is 17.6 Å². The summed E-state index contributed by atoms with van der Waals surface area (Å²) in [4.78, 5) is 22.1. The number of ether oxygens (including phenoxy) is 1. The number of rotatable bonds is 5. The Morgan fingerprint density at radius 3 is 2.50 bits per heavy atom. The summed E-state index contributed by atoms with van der Waals surface area (Å²) in [5.74, 6) is -1.68. The van der Waals surface area contributed by atoms with Gasteiger partial charge in [0.25, 0.3) is 0 Å². The van der Waals surface area contributed by atoms with E-state index in [1.165, 1.54) is 0 Å². The number of carboxylic acid groups (broad SMARTS) is 1. The Morgan fingerprint density at radius 2 is 1.88 bits per heavy atom. The molecule has 0 spiro atoms. The van der Waals surface area contributed by atoms with Crippen LogP contribution in [0.4, 0.5) is 19.0 Å². The zero-order valence-corrected chi connectivity index (χ0v) is 17.0. The molecule has 1 atom stereocenters. The average Bonchev–Trinajstić information content (AvgIpc) is 3.21. The summed E-state index contributed by atoms with van der Waals surface area (Å²) < 4.78 is 39.7. The largest absolute Gasteiger partial charge is 0.490 e. The minimum atomic E-state index is -5.08. The highest BCUT2D eigenvalue weighted by Crippen LogP contribution is 2.30. The van der Waals surface area contributed by atoms with Crippen molar-refractivity contribution in [1.29, 1.82) is 0 Å². The number of para-hydroxylation sites is 1. The first-order valence-electron chi connectivity index (χ1n) is 9.57. The van der Waals surface area contributed by atoms with Gasteiger partial charge in [-0.2, -0.15) is 13.2 Å². The van der Waals surface area contributed by atoms with E-state index in [1.807, 2.05) is 42.7 Å². The Morgan fingerprint density at radius 1 is 1.19 bits per heavy atom. The fraction of sp³-hybridized carbons (Fsp3) is 0.238. The molecule has 11 heteroatoms. The number of imidazole rings is 1. The molecule has 0 radical (unpaired) electrons. The Balaban J connectivity index is 0.000000360. The van der Waals surface area contributed by atoms with Gasteiger partial charge in [0.1, 0.15) is 12.1 Å². The highest BCUT2D eigenvalue weighted by atomic mass is 19.4. The molecule has 1 aromatic carbocycles. The minimum absolute atomic E-state index is 0.122. The standard InChI is InChI=1S/C19H19N5O.C2HF3O2/c1-2-13(11-25-16-9-5-6-10-21-16)24-12-22-17-18(24)14-7-3-4-8-15(14)23-19(17)20;3-2(4,5)1(6)7/h3-10,12-13H,2,11H2,1H3,(H2,20,23);(H,6,7). The van der Waals surface area contributed by atoms with Gasteiger partial charge >= 0.3 is 12.1 Å². The normalized spacial score (nSPS) is 12.2. The molecule has 0 aliphatic carbocycles. The molecule has 168 valence electrons. The number of aromatic nitrogens is 4. The molecule has 0 fully saturated rings. The van der Waals surface area contributed by atoms with Gasteiger partial charge in [0.2, 0.25) is 5.88 Å². The first-order valence-corrected chi connectivity index (χ1v) is 9.57. The summed E-state index contributed by atoms with van der Waals surface area (Å²) in [7, 11) is 0. The van der Waals surface area contributed by atoms with Crippen LogP contribution in [-0.2, 0) is 4.79 Å². The number of anilines is 1. The van der Waals surface area contributed by atoms with Crippen LogP contribution in [-0.4, -0.2) is 43.4 Å². The van der Waals surface area contributed by atoms with E-state index >= 15 is 0 Å². The number of carboxylic acids is 1. The molecule has 0 saturated heterocycles. The summed E-state index contributed by atoms with van der Waals surface area (Å²) >= 11 is 0. The number of nitrogen functional groups attached to an aromatic ring is 1. The SMILES string of the molecule is CCC(COc1ccccn1)n1cnc2c(N)nc3ccccc3c21.O=C(O)C(F)(F)F. The third-order valence-electron chi connectivity index (χ3n) is 4.60. The third-order valence-corrected chi connectivity index (χ3v) is 4.60. The Hall–Kier alpha value is -3.89. The average molecular weight is 447 g/mol. The molecule has 3 N–H and O–H groups in total. The number of hydrogen-bond donors (Lipinski definition) is 2. The maximum absolute atomic E-state index is 10.6. The summed E-state index contributed by atoms with van der Waals surface area (Å²) in [6.07, 6.45) is -0.636. The van der Waals surface area contributed by atoms with Crippen molar-refractivity contribution in [3.8, 4) is 5.88 Å². The lowest BCUT2D eigenvalue weighted by Gasteiger charge is -2.19. The van der Waals surface area contributed by atoms with Gasteiger partial charge in [-0.25, -0.2) is 19.7 Å². The predicted octanol–water partition coefficient (Wildman–Crippen LogP) is 4.23. The topological polar surface area (TPSA) is 116 Å². The number of nitrogens with zero attached hydrogens (tertiary/aromatic N) is 4. The second-order valence-corrected chi connectivity index (χ2v) is 6.71. The Kier molecular flexibility index (Phi) is 6.76. The highest BCUT2D eigenvalue weighted by molar-refractivity contribution is 6.06. The Bertz CT molecular complexity index is 1210. The number of halogens is 3. The molecule has 1 unspecified atom stereocenters. The number of benzene rings is 1. The molecule has 0 saturated carbocycles. The van der Waals surface area contributed by atoms with E-state index in [4.69, 9.17) is 20.4 Å². The van der Waals surface area contributed by atoms with Crippen molar-refractivity contribution in [3.05, 3.63) is 55.0 Å². The van der Waals surface area contributed by atoms with Crippen LogP contribution in [0.2, 0.25) is 0 Å². The zero-order valence-electron chi connectivity index (χ0n) is 17.0. The predicted molar refractivity (Wildman–Crippen MR) is 112 cm³/mol. The van der Waals surface area contributed by atoms with Gasteiger partial charge in [-0.15, -0.1) is 0 Å². The summed E-state index contributed by atoms with van der Waals surface area (Å²) in [5.41, 5.74) is 8.72. The van der Waals surface area contributed by atoms with Crippen molar-refractivity contribution >= 4 is 33.7 Å². The number of pyridine rings is 2. The second-order valence-electron chi connectivity index (χ2n) is 6.71. The molecule has 0 bridgehead atoms. The van der Waals surface area contributed by atoms with E-state index in [9.17, 15) is 13.2 Å². The van der Waals surface area contributed by atoms with E-state index in [2.05, 4.69) is 32.5 Å². The molecule has 0 aliphatic rings. The molecule has 32 heavy (non-hydrogen) atoms. The fourth-order valence-corrected chi connectivity index (χ4v) is 3.06. The number of carbonyl (C=O) groups is 1. The van der Waals surface area contributed by atoms with Crippen LogP contribution in [0.3, 0.4) is 0 Å². The minimum Gasteiger partial charge on any atom is -0.475 e. The van der Waals surface area contributed by atoms with E-state index in [1.54, 1.807) is 6.20 Å². The lowest BCUT2D eigenvalue weighted by Crippen LogP contribution is -2.21. The van der Waals surface area contributed by atoms with Crippen LogP contribution >= 0.6 is 0 Å². The molecule has 0 aliphatic heterocycles. The van der Waals surface area contributed by atoms with Crippen molar-refractivity contribution in [2.45, 2.75) is 25.6 Å². The second kappa shape index (κ2) is 9.50. The number of alkyl halides is 3. The molecule has 3 aromatic heterocycles. The molecule has 3 heterocycles. The van der Waals surface area contributed by atoms with Gasteiger partial charge < -0.3 is 20.1 Å². The first kappa shape index (κ1) is 22.8. The van der Waals surface area contributed by atoms with Crippen LogP contribution in [0, 0.1) is 0 Å². The van der Waals surface area contributed by atoms with Crippen molar-refractivity contribution in [2.75, 3.05) is 12.3 Å². The van der Waals surface area contributed by atoms with Crippen LogP contribution < -0.4 is 10.5 Å². The lowest BCUT2D eigenvalue weighted by molar-refractivity contribution is -0.192. The van der Waals surface area contributed by atoms with Gasteiger partial charge in [-0.3, -0.25) is 0 Å². The number of hydrogen-bond acceptors (Lipinski definition) is 6. The maximum Gasteiger partial charge on any atom is 0.490 e. The molecule has 4 rings (SSSR count). The van der Waals surface area contributed by atoms with Gasteiger partial charge in [-0.1, -0.05) is 31.2 Å². The molecule has 8 nitrogen and oxygen atoms in total. The van der Waals surface area contributed by atoms with Gasteiger partial charge in [0.15, 0.2) is 5.82 Å².